The average molecular weight is 148 g/mol. The standard InChI is InChI=1S/C8H14F2/c1-4-6-7(5-2)8(3,9)10/h4,7H,1,5-6H2,2-3H3. The van der Waals surface area contributed by atoms with Crippen molar-refractivity contribution in [1.82, 2.24) is 0 Å². The molecular formula is C8H14F2. The summed E-state index contributed by atoms with van der Waals surface area (Å²) in [7, 11) is 0. The minimum Gasteiger partial charge on any atom is -0.207 e. The van der Waals surface area contributed by atoms with Gasteiger partial charge in [0.05, 0.1) is 0 Å². The first-order valence-electron chi connectivity index (χ1n) is 3.51. The third kappa shape index (κ3) is 2.95. The van der Waals surface area contributed by atoms with Gasteiger partial charge in [-0.25, -0.2) is 8.78 Å². The first-order valence-corrected chi connectivity index (χ1v) is 3.51. The summed E-state index contributed by atoms with van der Waals surface area (Å²) >= 11 is 0. The number of halogens is 2. The van der Waals surface area contributed by atoms with Crippen molar-refractivity contribution in [2.45, 2.75) is 32.6 Å². The van der Waals surface area contributed by atoms with E-state index in [1.165, 1.54) is 0 Å². The first kappa shape index (κ1) is 9.60. The summed E-state index contributed by atoms with van der Waals surface area (Å²) in [5.41, 5.74) is 0. The van der Waals surface area contributed by atoms with Gasteiger partial charge in [-0.15, -0.1) is 6.58 Å². The highest BCUT2D eigenvalue weighted by atomic mass is 19.3. The molecule has 0 nitrogen and oxygen atoms in total. The molecule has 2 heteroatoms. The lowest BCUT2D eigenvalue weighted by Gasteiger charge is -2.20. The Morgan fingerprint density at radius 2 is 2.10 bits per heavy atom. The Balaban J connectivity index is 3.92. The van der Waals surface area contributed by atoms with Gasteiger partial charge in [0, 0.05) is 5.92 Å². The highest BCUT2D eigenvalue weighted by molar-refractivity contribution is 4.79. The van der Waals surface area contributed by atoms with Gasteiger partial charge in [-0.2, -0.15) is 0 Å². The summed E-state index contributed by atoms with van der Waals surface area (Å²) in [6.07, 6.45) is 2.46. The topological polar surface area (TPSA) is 0 Å². The lowest BCUT2D eigenvalue weighted by molar-refractivity contribution is -0.0397. The van der Waals surface area contributed by atoms with Crippen LogP contribution in [0, 0.1) is 5.92 Å². The van der Waals surface area contributed by atoms with E-state index in [0.717, 1.165) is 6.92 Å². The van der Waals surface area contributed by atoms with Gasteiger partial charge < -0.3 is 0 Å². The lowest BCUT2D eigenvalue weighted by Crippen LogP contribution is -2.22. The normalized spacial score (nSPS) is 14.8. The molecule has 0 heterocycles. The van der Waals surface area contributed by atoms with Crippen LogP contribution < -0.4 is 0 Å². The molecule has 0 rings (SSSR count). The van der Waals surface area contributed by atoms with Gasteiger partial charge in [0.25, 0.3) is 0 Å². The smallest absolute Gasteiger partial charge is 0.207 e. The molecule has 60 valence electrons. The molecular weight excluding hydrogens is 134 g/mol. The van der Waals surface area contributed by atoms with Crippen LogP contribution in [-0.2, 0) is 0 Å². The van der Waals surface area contributed by atoms with Gasteiger partial charge in [0.2, 0.25) is 5.92 Å². The van der Waals surface area contributed by atoms with E-state index in [9.17, 15) is 8.78 Å². The number of allylic oxidation sites excluding steroid dienone is 1. The van der Waals surface area contributed by atoms with Gasteiger partial charge >= 0.3 is 0 Å². The second-order valence-electron chi connectivity index (χ2n) is 2.59. The number of rotatable bonds is 4. The van der Waals surface area contributed by atoms with Crippen LogP contribution >= 0.6 is 0 Å². The zero-order chi connectivity index (χ0) is 8.20. The Labute approximate surface area is 60.9 Å². The minimum absolute atomic E-state index is 0.403. The Kier molecular flexibility index (Phi) is 3.54. The van der Waals surface area contributed by atoms with Crippen molar-refractivity contribution >= 4 is 0 Å². The van der Waals surface area contributed by atoms with Crippen LogP contribution in [0.25, 0.3) is 0 Å². The Morgan fingerprint density at radius 1 is 1.60 bits per heavy atom. The summed E-state index contributed by atoms with van der Waals surface area (Å²) in [6, 6.07) is 0. The molecule has 1 atom stereocenters. The van der Waals surface area contributed by atoms with Crippen molar-refractivity contribution in [3.8, 4) is 0 Å². The fourth-order valence-corrected chi connectivity index (χ4v) is 0.933. The molecule has 0 N–H and O–H groups in total. The quantitative estimate of drug-likeness (QED) is 0.537. The van der Waals surface area contributed by atoms with E-state index in [1.807, 2.05) is 0 Å². The van der Waals surface area contributed by atoms with Crippen LogP contribution in [0.15, 0.2) is 12.7 Å². The van der Waals surface area contributed by atoms with Crippen molar-refractivity contribution in [3.63, 3.8) is 0 Å². The van der Waals surface area contributed by atoms with Crippen LogP contribution in [0.2, 0.25) is 0 Å². The second-order valence-corrected chi connectivity index (χ2v) is 2.59. The molecule has 0 aromatic rings. The molecule has 0 bridgehead atoms. The molecule has 0 aromatic heterocycles. The molecule has 0 aliphatic heterocycles. The van der Waals surface area contributed by atoms with E-state index in [-0.39, 0.29) is 0 Å². The van der Waals surface area contributed by atoms with E-state index >= 15 is 0 Å². The molecule has 0 spiro atoms. The van der Waals surface area contributed by atoms with Crippen molar-refractivity contribution in [3.05, 3.63) is 12.7 Å². The average Bonchev–Trinajstić information content (AvgIpc) is 1.80. The zero-order valence-corrected chi connectivity index (χ0v) is 6.53. The van der Waals surface area contributed by atoms with Crippen LogP contribution in [0.3, 0.4) is 0 Å². The van der Waals surface area contributed by atoms with Gasteiger partial charge in [0.15, 0.2) is 0 Å². The predicted molar refractivity (Wildman–Crippen MR) is 39.2 cm³/mol. The van der Waals surface area contributed by atoms with E-state index in [0.29, 0.717) is 12.8 Å². The van der Waals surface area contributed by atoms with Crippen molar-refractivity contribution in [2.75, 3.05) is 0 Å². The van der Waals surface area contributed by atoms with Crippen LogP contribution in [0.5, 0.6) is 0 Å². The molecule has 0 aromatic carbocycles. The second kappa shape index (κ2) is 3.69. The molecule has 1 unspecified atom stereocenters. The third-order valence-electron chi connectivity index (χ3n) is 1.66. The van der Waals surface area contributed by atoms with E-state index in [1.54, 1.807) is 13.0 Å². The fraction of sp³-hybridized carbons (Fsp3) is 0.750. The highest BCUT2D eigenvalue weighted by Crippen LogP contribution is 2.29. The first-order chi connectivity index (χ1) is 4.52. The molecule has 10 heavy (non-hydrogen) atoms. The van der Waals surface area contributed by atoms with Crippen LogP contribution in [-0.4, -0.2) is 5.92 Å². The van der Waals surface area contributed by atoms with Crippen LogP contribution in [0.4, 0.5) is 8.78 Å². The largest absolute Gasteiger partial charge is 0.248 e. The molecule has 0 amide bonds. The fourth-order valence-electron chi connectivity index (χ4n) is 0.933. The molecule has 0 saturated carbocycles. The molecule has 0 saturated heterocycles. The summed E-state index contributed by atoms with van der Waals surface area (Å²) in [5, 5.41) is 0. The van der Waals surface area contributed by atoms with Crippen LogP contribution in [0.1, 0.15) is 26.7 Å². The summed E-state index contributed by atoms with van der Waals surface area (Å²) < 4.78 is 25.1. The third-order valence-corrected chi connectivity index (χ3v) is 1.66. The highest BCUT2D eigenvalue weighted by Gasteiger charge is 2.30. The number of alkyl halides is 2. The number of hydrogen-bond acceptors (Lipinski definition) is 0. The van der Waals surface area contributed by atoms with Crippen molar-refractivity contribution in [1.29, 1.82) is 0 Å². The number of hydrogen-bond donors (Lipinski definition) is 0. The predicted octanol–water partition coefficient (Wildman–Crippen LogP) is 3.24. The maximum Gasteiger partial charge on any atom is 0.248 e. The van der Waals surface area contributed by atoms with E-state index < -0.39 is 11.8 Å². The van der Waals surface area contributed by atoms with Gasteiger partial charge in [-0.1, -0.05) is 13.0 Å². The molecule has 0 fully saturated rings. The lowest BCUT2D eigenvalue weighted by atomic mass is 9.96. The summed E-state index contributed by atoms with van der Waals surface area (Å²) in [6.45, 7) is 6.16. The maximum atomic E-state index is 12.5. The molecule has 0 aliphatic rings. The minimum atomic E-state index is -2.55. The van der Waals surface area contributed by atoms with E-state index in [2.05, 4.69) is 6.58 Å². The Morgan fingerprint density at radius 3 is 2.20 bits per heavy atom. The van der Waals surface area contributed by atoms with Crippen molar-refractivity contribution in [2.24, 2.45) is 5.92 Å². The Hall–Kier alpha value is -0.400. The van der Waals surface area contributed by atoms with Gasteiger partial charge in [-0.05, 0) is 19.8 Å². The maximum absolute atomic E-state index is 12.5. The summed E-state index contributed by atoms with van der Waals surface area (Å²) in [4.78, 5) is 0. The molecule has 0 radical (unpaired) electrons. The summed E-state index contributed by atoms with van der Waals surface area (Å²) in [5.74, 6) is -3.09. The van der Waals surface area contributed by atoms with Gasteiger partial charge in [0.1, 0.15) is 0 Å². The van der Waals surface area contributed by atoms with E-state index in [4.69, 9.17) is 0 Å². The van der Waals surface area contributed by atoms with Gasteiger partial charge in [-0.3, -0.25) is 0 Å². The van der Waals surface area contributed by atoms with Crippen molar-refractivity contribution < 1.29 is 8.78 Å². The monoisotopic (exact) mass is 148 g/mol. The Bertz CT molecular complexity index is 102. The zero-order valence-electron chi connectivity index (χ0n) is 6.53. The molecule has 0 aliphatic carbocycles. The SMILES string of the molecule is C=CCC(CC)C(C)(F)F.